The topological polar surface area (TPSA) is 61.9 Å². The number of carbonyl (C=O) groups is 2. The lowest BCUT2D eigenvalue weighted by molar-refractivity contribution is -0.133. The summed E-state index contributed by atoms with van der Waals surface area (Å²) in [6.07, 6.45) is 3.08. The highest BCUT2D eigenvalue weighted by Gasteiger charge is 2.23. The molecule has 0 aromatic heterocycles. The van der Waals surface area contributed by atoms with Crippen LogP contribution in [0.4, 0.5) is 11.4 Å². The van der Waals surface area contributed by atoms with Crippen LogP contribution in [0.2, 0.25) is 0 Å². The van der Waals surface area contributed by atoms with E-state index in [1.165, 1.54) is 0 Å². The van der Waals surface area contributed by atoms with Gasteiger partial charge in [0, 0.05) is 58.0 Å². The highest BCUT2D eigenvalue weighted by Crippen LogP contribution is 2.26. The Kier molecular flexibility index (Phi) is 7.45. The normalized spacial score (nSPS) is 16.4. The molecule has 0 saturated carbocycles. The summed E-state index contributed by atoms with van der Waals surface area (Å²) in [7, 11) is 3.96. The third-order valence-electron chi connectivity index (χ3n) is 4.63. The first-order valence-electron chi connectivity index (χ1n) is 9.44. The Morgan fingerprint density at radius 3 is 2.58 bits per heavy atom. The molecule has 1 aromatic carbocycles. The minimum absolute atomic E-state index is 0.0191. The van der Waals surface area contributed by atoms with Crippen molar-refractivity contribution in [3.8, 4) is 0 Å². The summed E-state index contributed by atoms with van der Waals surface area (Å²) >= 11 is 0. The van der Waals surface area contributed by atoms with Crippen molar-refractivity contribution in [2.75, 3.05) is 37.5 Å². The van der Waals surface area contributed by atoms with E-state index >= 15 is 0 Å². The predicted octanol–water partition coefficient (Wildman–Crippen LogP) is 3.02. The zero-order chi connectivity index (χ0) is 19.1. The van der Waals surface area contributed by atoms with E-state index in [2.05, 4.69) is 5.32 Å². The molecule has 0 radical (unpaired) electrons. The Morgan fingerprint density at radius 2 is 2.00 bits per heavy atom. The average Bonchev–Trinajstić information content (AvgIpc) is 3.13. The fourth-order valence-electron chi connectivity index (χ4n) is 3.19. The van der Waals surface area contributed by atoms with Gasteiger partial charge in [-0.05, 0) is 36.6 Å². The van der Waals surface area contributed by atoms with E-state index in [1.807, 2.05) is 55.9 Å². The van der Waals surface area contributed by atoms with Crippen LogP contribution >= 0.6 is 0 Å². The maximum atomic E-state index is 12.5. The second kappa shape index (κ2) is 9.57. The number of hydrogen-bond acceptors (Lipinski definition) is 4. The van der Waals surface area contributed by atoms with E-state index in [-0.39, 0.29) is 17.9 Å². The van der Waals surface area contributed by atoms with Crippen molar-refractivity contribution >= 4 is 23.2 Å². The molecule has 2 rings (SSSR count). The number of ether oxygens (including phenoxy) is 1. The van der Waals surface area contributed by atoms with Crippen LogP contribution in [-0.4, -0.2) is 50.1 Å². The molecule has 1 saturated heterocycles. The van der Waals surface area contributed by atoms with E-state index in [1.54, 1.807) is 0 Å². The van der Waals surface area contributed by atoms with Gasteiger partial charge < -0.3 is 19.9 Å². The van der Waals surface area contributed by atoms with Gasteiger partial charge in [0.2, 0.25) is 11.8 Å². The molecule has 144 valence electrons. The van der Waals surface area contributed by atoms with Gasteiger partial charge in [-0.2, -0.15) is 0 Å². The summed E-state index contributed by atoms with van der Waals surface area (Å²) in [5.41, 5.74) is 2.82. The minimum atomic E-state index is -0.0191. The van der Waals surface area contributed by atoms with Gasteiger partial charge in [0.15, 0.2) is 0 Å². The standard InChI is InChI=1S/C20H31N3O3/c1-5-19(24)21-16-9-10-18(22(3)4)15(12-16)13-23(20(25)6-2)14-17-8-7-11-26-17/h9-10,12,17H,5-8,11,13-14H2,1-4H3,(H,21,24). The Bertz CT molecular complexity index is 625. The van der Waals surface area contributed by atoms with E-state index in [0.717, 1.165) is 36.4 Å². The van der Waals surface area contributed by atoms with Gasteiger partial charge >= 0.3 is 0 Å². The summed E-state index contributed by atoms with van der Waals surface area (Å²) < 4.78 is 5.72. The predicted molar refractivity (Wildman–Crippen MR) is 104 cm³/mol. The van der Waals surface area contributed by atoms with Crippen molar-refractivity contribution in [3.63, 3.8) is 0 Å². The van der Waals surface area contributed by atoms with Crippen LogP contribution < -0.4 is 10.2 Å². The molecule has 0 bridgehead atoms. The SMILES string of the molecule is CCC(=O)Nc1ccc(N(C)C)c(CN(CC2CCCO2)C(=O)CC)c1. The fraction of sp³-hybridized carbons (Fsp3) is 0.600. The lowest BCUT2D eigenvalue weighted by Gasteiger charge is -2.28. The van der Waals surface area contributed by atoms with Gasteiger partial charge in [-0.15, -0.1) is 0 Å². The zero-order valence-corrected chi connectivity index (χ0v) is 16.4. The summed E-state index contributed by atoms with van der Waals surface area (Å²) in [6, 6.07) is 5.86. The van der Waals surface area contributed by atoms with Gasteiger partial charge in [0.1, 0.15) is 0 Å². The first-order chi connectivity index (χ1) is 12.4. The first-order valence-corrected chi connectivity index (χ1v) is 9.44. The fourth-order valence-corrected chi connectivity index (χ4v) is 3.19. The Labute approximate surface area is 156 Å². The van der Waals surface area contributed by atoms with Gasteiger partial charge in [0.25, 0.3) is 0 Å². The second-order valence-corrected chi connectivity index (χ2v) is 6.90. The summed E-state index contributed by atoms with van der Waals surface area (Å²) in [5.74, 6) is 0.0996. The average molecular weight is 361 g/mol. The Balaban J connectivity index is 2.24. The van der Waals surface area contributed by atoms with Crippen LogP contribution in [0.15, 0.2) is 18.2 Å². The largest absolute Gasteiger partial charge is 0.377 e. The zero-order valence-electron chi connectivity index (χ0n) is 16.4. The Hall–Kier alpha value is -2.08. The molecule has 26 heavy (non-hydrogen) atoms. The number of rotatable bonds is 8. The smallest absolute Gasteiger partial charge is 0.224 e. The molecule has 6 heteroatoms. The van der Waals surface area contributed by atoms with E-state index < -0.39 is 0 Å². The number of hydrogen-bond donors (Lipinski definition) is 1. The molecule has 1 aliphatic heterocycles. The number of anilines is 2. The molecule has 1 unspecified atom stereocenters. The van der Waals surface area contributed by atoms with Crippen molar-refractivity contribution < 1.29 is 14.3 Å². The monoisotopic (exact) mass is 361 g/mol. The lowest BCUT2D eigenvalue weighted by atomic mass is 10.1. The van der Waals surface area contributed by atoms with Crippen LogP contribution in [0.1, 0.15) is 45.1 Å². The molecule has 0 spiro atoms. The van der Waals surface area contributed by atoms with Crippen molar-refractivity contribution in [1.82, 2.24) is 4.90 Å². The molecule has 1 N–H and O–H groups in total. The van der Waals surface area contributed by atoms with E-state index in [9.17, 15) is 9.59 Å². The van der Waals surface area contributed by atoms with Crippen molar-refractivity contribution in [1.29, 1.82) is 0 Å². The minimum Gasteiger partial charge on any atom is -0.377 e. The lowest BCUT2D eigenvalue weighted by Crippen LogP contribution is -2.36. The summed E-state index contributed by atoms with van der Waals surface area (Å²) in [5, 5.41) is 2.90. The number of benzene rings is 1. The maximum absolute atomic E-state index is 12.5. The molecule has 1 fully saturated rings. The molecular weight excluding hydrogens is 330 g/mol. The number of nitrogens with zero attached hydrogens (tertiary/aromatic N) is 2. The number of nitrogens with one attached hydrogen (secondary N) is 1. The van der Waals surface area contributed by atoms with Crippen molar-refractivity contribution in [3.05, 3.63) is 23.8 Å². The molecule has 1 aromatic rings. The molecule has 6 nitrogen and oxygen atoms in total. The number of carbonyl (C=O) groups excluding carboxylic acids is 2. The molecule has 0 aliphatic carbocycles. The van der Waals surface area contributed by atoms with Crippen LogP contribution in [-0.2, 0) is 20.9 Å². The van der Waals surface area contributed by atoms with Crippen LogP contribution in [0.5, 0.6) is 0 Å². The van der Waals surface area contributed by atoms with E-state index in [4.69, 9.17) is 4.74 Å². The number of amides is 2. The van der Waals surface area contributed by atoms with Gasteiger partial charge in [-0.3, -0.25) is 9.59 Å². The first kappa shape index (κ1) is 20.2. The molecule has 1 heterocycles. The van der Waals surface area contributed by atoms with E-state index in [0.29, 0.717) is 25.9 Å². The third-order valence-corrected chi connectivity index (χ3v) is 4.63. The van der Waals surface area contributed by atoms with Crippen molar-refractivity contribution in [2.24, 2.45) is 0 Å². The third kappa shape index (κ3) is 5.46. The maximum Gasteiger partial charge on any atom is 0.224 e. The summed E-state index contributed by atoms with van der Waals surface area (Å²) in [4.78, 5) is 28.1. The summed E-state index contributed by atoms with van der Waals surface area (Å²) in [6.45, 7) is 5.62. The van der Waals surface area contributed by atoms with Crippen molar-refractivity contribution in [2.45, 2.75) is 52.2 Å². The van der Waals surface area contributed by atoms with Crippen LogP contribution in [0.25, 0.3) is 0 Å². The highest BCUT2D eigenvalue weighted by molar-refractivity contribution is 5.91. The molecule has 2 amide bonds. The molecule has 1 atom stereocenters. The van der Waals surface area contributed by atoms with Crippen LogP contribution in [0.3, 0.4) is 0 Å². The van der Waals surface area contributed by atoms with Gasteiger partial charge in [-0.1, -0.05) is 13.8 Å². The van der Waals surface area contributed by atoms with Gasteiger partial charge in [0.05, 0.1) is 6.10 Å². The quantitative estimate of drug-likeness (QED) is 0.773. The highest BCUT2D eigenvalue weighted by atomic mass is 16.5. The van der Waals surface area contributed by atoms with Gasteiger partial charge in [-0.25, -0.2) is 0 Å². The second-order valence-electron chi connectivity index (χ2n) is 6.90. The molecule has 1 aliphatic rings. The Morgan fingerprint density at radius 1 is 1.23 bits per heavy atom. The molecular formula is C20H31N3O3. The van der Waals surface area contributed by atoms with Crippen LogP contribution in [0, 0.1) is 0 Å².